The molecule has 0 bridgehead atoms. The molecular formula is C18H14ClN3O6. The Bertz CT molecular complexity index is 1000. The lowest BCUT2D eigenvalue weighted by atomic mass is 10.2. The number of halogens is 1. The number of aromatic nitrogens is 2. The van der Waals surface area contributed by atoms with Crippen LogP contribution in [0.15, 0.2) is 47.0 Å². The zero-order valence-electron chi connectivity index (χ0n) is 14.6. The number of benzene rings is 2. The quantitative estimate of drug-likeness (QED) is 0.332. The molecule has 28 heavy (non-hydrogen) atoms. The van der Waals surface area contributed by atoms with Gasteiger partial charge in [0.2, 0.25) is 5.82 Å². The fourth-order valence-electron chi connectivity index (χ4n) is 2.26. The lowest BCUT2D eigenvalue weighted by Crippen LogP contribution is -2.15. The number of hydrogen-bond acceptors (Lipinski definition) is 8. The minimum absolute atomic E-state index is 0.0441. The molecule has 3 aromatic rings. The van der Waals surface area contributed by atoms with E-state index in [4.69, 9.17) is 25.6 Å². The van der Waals surface area contributed by atoms with Crippen molar-refractivity contribution in [2.45, 2.75) is 13.5 Å². The topological polar surface area (TPSA) is 118 Å². The van der Waals surface area contributed by atoms with E-state index in [9.17, 15) is 14.9 Å². The summed E-state index contributed by atoms with van der Waals surface area (Å²) in [7, 11) is 0. The van der Waals surface area contributed by atoms with Gasteiger partial charge in [-0.25, -0.2) is 4.79 Å². The van der Waals surface area contributed by atoms with Crippen molar-refractivity contribution in [3.05, 3.63) is 69.1 Å². The van der Waals surface area contributed by atoms with Crippen LogP contribution in [0.1, 0.15) is 11.5 Å². The number of esters is 1. The van der Waals surface area contributed by atoms with Gasteiger partial charge in [-0.3, -0.25) is 10.1 Å². The summed E-state index contributed by atoms with van der Waals surface area (Å²) in [5.74, 6) is 0.238. The van der Waals surface area contributed by atoms with Gasteiger partial charge in [0.15, 0.2) is 13.2 Å². The molecule has 0 aliphatic rings. The fourth-order valence-corrected chi connectivity index (χ4v) is 2.48. The summed E-state index contributed by atoms with van der Waals surface area (Å²) < 4.78 is 15.4. The van der Waals surface area contributed by atoms with Crippen LogP contribution in [0.3, 0.4) is 0 Å². The molecule has 0 fully saturated rings. The van der Waals surface area contributed by atoms with Crippen LogP contribution in [0.4, 0.5) is 5.69 Å². The molecule has 10 heteroatoms. The fraction of sp³-hybridized carbons (Fsp3) is 0.167. The first-order valence-electron chi connectivity index (χ1n) is 8.04. The second-order valence-corrected chi connectivity index (χ2v) is 6.11. The van der Waals surface area contributed by atoms with Crippen LogP contribution in [0.25, 0.3) is 11.4 Å². The number of aryl methyl sites for hydroxylation is 1. The average molecular weight is 404 g/mol. The van der Waals surface area contributed by atoms with E-state index in [1.54, 1.807) is 18.2 Å². The predicted molar refractivity (Wildman–Crippen MR) is 97.9 cm³/mol. The first-order valence-corrected chi connectivity index (χ1v) is 8.42. The van der Waals surface area contributed by atoms with Crippen molar-refractivity contribution in [3.63, 3.8) is 0 Å². The second-order valence-electron chi connectivity index (χ2n) is 5.67. The van der Waals surface area contributed by atoms with Crippen LogP contribution in [0.2, 0.25) is 5.02 Å². The van der Waals surface area contributed by atoms with Gasteiger partial charge in [-0.15, -0.1) is 0 Å². The first-order chi connectivity index (χ1) is 13.4. The summed E-state index contributed by atoms with van der Waals surface area (Å²) in [6.07, 6.45) is 0. The number of rotatable bonds is 7. The molecule has 0 saturated heterocycles. The minimum Gasteiger partial charge on any atom is -0.482 e. The zero-order valence-corrected chi connectivity index (χ0v) is 15.4. The van der Waals surface area contributed by atoms with Crippen LogP contribution >= 0.6 is 11.6 Å². The van der Waals surface area contributed by atoms with Crippen molar-refractivity contribution in [2.75, 3.05) is 6.61 Å². The van der Waals surface area contributed by atoms with E-state index in [0.29, 0.717) is 16.3 Å². The Morgan fingerprint density at radius 2 is 2.00 bits per heavy atom. The summed E-state index contributed by atoms with van der Waals surface area (Å²) in [4.78, 5) is 26.1. The van der Waals surface area contributed by atoms with Gasteiger partial charge in [-0.05, 0) is 42.8 Å². The number of carbonyl (C=O) groups excluding carboxylic acids is 1. The maximum Gasteiger partial charge on any atom is 0.344 e. The molecule has 0 aliphatic carbocycles. The summed E-state index contributed by atoms with van der Waals surface area (Å²) in [6.45, 7) is 1.30. The summed E-state index contributed by atoms with van der Waals surface area (Å²) in [5, 5.41) is 15.0. The highest BCUT2D eigenvalue weighted by Crippen LogP contribution is 2.22. The van der Waals surface area contributed by atoms with Crippen molar-refractivity contribution in [1.82, 2.24) is 10.1 Å². The monoisotopic (exact) mass is 403 g/mol. The van der Waals surface area contributed by atoms with Gasteiger partial charge >= 0.3 is 5.97 Å². The highest BCUT2D eigenvalue weighted by Gasteiger charge is 2.13. The normalized spacial score (nSPS) is 10.5. The van der Waals surface area contributed by atoms with Gasteiger partial charge in [0.1, 0.15) is 5.75 Å². The molecule has 3 rings (SSSR count). The van der Waals surface area contributed by atoms with Gasteiger partial charge in [0.05, 0.1) is 4.92 Å². The van der Waals surface area contributed by atoms with E-state index < -0.39 is 10.9 Å². The van der Waals surface area contributed by atoms with Crippen molar-refractivity contribution < 1.29 is 23.7 Å². The van der Waals surface area contributed by atoms with E-state index in [1.807, 2.05) is 6.92 Å². The van der Waals surface area contributed by atoms with Gasteiger partial charge < -0.3 is 14.0 Å². The number of nitro benzene ring substituents is 1. The summed E-state index contributed by atoms with van der Waals surface area (Å²) >= 11 is 5.86. The molecule has 2 aromatic carbocycles. The third-order valence-corrected chi connectivity index (χ3v) is 3.88. The standard InChI is InChI=1S/C18H14ClN3O6/c1-11-8-13(19)4-7-15(11)26-10-17(23)27-9-16-20-18(21-28-16)12-2-5-14(6-3-12)22(24)25/h2-8H,9-10H2,1H3. The van der Waals surface area contributed by atoms with Gasteiger partial charge in [-0.2, -0.15) is 4.98 Å². The van der Waals surface area contributed by atoms with E-state index in [1.165, 1.54) is 24.3 Å². The lowest BCUT2D eigenvalue weighted by Gasteiger charge is -2.08. The largest absolute Gasteiger partial charge is 0.482 e. The van der Waals surface area contributed by atoms with E-state index >= 15 is 0 Å². The molecule has 0 saturated carbocycles. The SMILES string of the molecule is Cc1cc(Cl)ccc1OCC(=O)OCc1nc(-c2ccc([N+](=O)[O-])cc2)no1. The molecule has 0 atom stereocenters. The van der Waals surface area contributed by atoms with Crippen LogP contribution in [-0.4, -0.2) is 27.6 Å². The molecule has 0 amide bonds. The summed E-state index contributed by atoms with van der Waals surface area (Å²) in [6, 6.07) is 10.7. The Balaban J connectivity index is 1.52. The number of hydrogen-bond donors (Lipinski definition) is 0. The third kappa shape index (κ3) is 4.83. The third-order valence-electron chi connectivity index (χ3n) is 3.64. The molecule has 144 valence electrons. The molecule has 0 spiro atoms. The van der Waals surface area contributed by atoms with Crippen LogP contribution in [-0.2, 0) is 16.1 Å². The molecule has 0 N–H and O–H groups in total. The molecular weight excluding hydrogens is 390 g/mol. The summed E-state index contributed by atoms with van der Waals surface area (Å²) in [5.41, 5.74) is 1.29. The van der Waals surface area contributed by atoms with Crippen molar-refractivity contribution in [2.24, 2.45) is 0 Å². The Morgan fingerprint density at radius 1 is 1.25 bits per heavy atom. The Hall–Kier alpha value is -3.46. The molecule has 0 unspecified atom stereocenters. The Kier molecular flexibility index (Phi) is 5.85. The van der Waals surface area contributed by atoms with E-state index in [2.05, 4.69) is 10.1 Å². The van der Waals surface area contributed by atoms with Crippen LogP contribution in [0, 0.1) is 17.0 Å². The number of carbonyl (C=O) groups is 1. The Labute approximate surface area is 164 Å². The highest BCUT2D eigenvalue weighted by molar-refractivity contribution is 6.30. The predicted octanol–water partition coefficient (Wildman–Crippen LogP) is 3.73. The van der Waals surface area contributed by atoms with Crippen molar-refractivity contribution in [3.8, 4) is 17.1 Å². The average Bonchev–Trinajstić information content (AvgIpc) is 3.15. The van der Waals surface area contributed by atoms with Crippen LogP contribution in [0.5, 0.6) is 5.75 Å². The zero-order chi connectivity index (χ0) is 20.1. The van der Waals surface area contributed by atoms with E-state index in [0.717, 1.165) is 5.56 Å². The smallest absolute Gasteiger partial charge is 0.344 e. The molecule has 0 radical (unpaired) electrons. The first kappa shape index (κ1) is 19.3. The van der Waals surface area contributed by atoms with E-state index in [-0.39, 0.29) is 30.6 Å². The second kappa shape index (κ2) is 8.49. The molecule has 1 aromatic heterocycles. The minimum atomic E-state index is -0.607. The lowest BCUT2D eigenvalue weighted by molar-refractivity contribution is -0.384. The number of non-ortho nitro benzene ring substituents is 1. The number of ether oxygens (including phenoxy) is 2. The molecule has 0 aliphatic heterocycles. The number of nitrogens with zero attached hydrogens (tertiary/aromatic N) is 3. The number of nitro groups is 1. The molecule has 1 heterocycles. The van der Waals surface area contributed by atoms with Gasteiger partial charge in [0, 0.05) is 22.7 Å². The maximum atomic E-state index is 11.8. The van der Waals surface area contributed by atoms with Gasteiger partial charge in [0.25, 0.3) is 11.6 Å². The van der Waals surface area contributed by atoms with Crippen molar-refractivity contribution in [1.29, 1.82) is 0 Å². The Morgan fingerprint density at radius 3 is 2.68 bits per heavy atom. The van der Waals surface area contributed by atoms with Crippen molar-refractivity contribution >= 4 is 23.3 Å². The molecule has 9 nitrogen and oxygen atoms in total. The van der Waals surface area contributed by atoms with Crippen LogP contribution < -0.4 is 4.74 Å². The maximum absolute atomic E-state index is 11.8. The highest BCUT2D eigenvalue weighted by atomic mass is 35.5. The van der Waals surface area contributed by atoms with Gasteiger partial charge in [-0.1, -0.05) is 16.8 Å².